The normalized spacial score (nSPS) is 22.3. The average Bonchev–Trinajstić information content (AvgIpc) is 2.40. The van der Waals surface area contributed by atoms with Gasteiger partial charge in [0.2, 0.25) is 0 Å². The first kappa shape index (κ1) is 11.2. The number of carbonyl (C=O) groups excluding carboxylic acids is 2. The van der Waals surface area contributed by atoms with Crippen LogP contribution in [-0.2, 0) is 23.9 Å². The van der Waals surface area contributed by atoms with E-state index in [0.717, 1.165) is 0 Å². The Kier molecular flexibility index (Phi) is 3.03. The summed E-state index contributed by atoms with van der Waals surface area (Å²) in [5.74, 6) is -7.15. The van der Waals surface area contributed by atoms with E-state index in [0.29, 0.717) is 0 Å². The van der Waals surface area contributed by atoms with E-state index in [1.807, 2.05) is 0 Å². The van der Waals surface area contributed by atoms with Crippen LogP contribution in [0.15, 0.2) is 0 Å². The summed E-state index contributed by atoms with van der Waals surface area (Å²) >= 11 is 0. The summed E-state index contributed by atoms with van der Waals surface area (Å²) in [6.07, 6.45) is -1.08. The van der Waals surface area contributed by atoms with Gasteiger partial charge in [0.1, 0.15) is 0 Å². The molecule has 7 heteroatoms. The molecule has 0 aromatic heterocycles. The fraction of sp³-hybridized carbons (Fsp3) is 0.500. The van der Waals surface area contributed by atoms with Crippen LogP contribution in [0.25, 0.3) is 0 Å². The molecular weight excluding hydrogens is 208 g/mol. The Morgan fingerprint density at radius 3 is 2.33 bits per heavy atom. The highest BCUT2D eigenvalue weighted by atomic mass is 16.6. The third kappa shape index (κ3) is 2.52. The van der Waals surface area contributed by atoms with Crippen molar-refractivity contribution in [1.29, 1.82) is 0 Å². The minimum absolute atomic E-state index is 0.372. The molecule has 0 spiro atoms. The second-order valence-electron chi connectivity index (χ2n) is 3.15. The van der Waals surface area contributed by atoms with E-state index in [1.54, 1.807) is 0 Å². The lowest BCUT2D eigenvalue weighted by atomic mass is 9.88. The minimum atomic E-state index is -1.42. The molecule has 0 aromatic carbocycles. The molecule has 2 atom stereocenters. The average molecular weight is 216 g/mol. The van der Waals surface area contributed by atoms with Gasteiger partial charge in [-0.1, -0.05) is 0 Å². The third-order valence-electron chi connectivity index (χ3n) is 2.10. The van der Waals surface area contributed by atoms with Gasteiger partial charge >= 0.3 is 23.9 Å². The second-order valence-corrected chi connectivity index (χ2v) is 3.15. The van der Waals surface area contributed by atoms with Crippen molar-refractivity contribution in [2.45, 2.75) is 12.8 Å². The van der Waals surface area contributed by atoms with E-state index in [4.69, 9.17) is 10.2 Å². The third-order valence-corrected chi connectivity index (χ3v) is 2.10. The van der Waals surface area contributed by atoms with Crippen LogP contribution in [-0.4, -0.2) is 34.1 Å². The van der Waals surface area contributed by atoms with Crippen molar-refractivity contribution in [3.05, 3.63) is 0 Å². The molecule has 2 N–H and O–H groups in total. The van der Waals surface area contributed by atoms with Crippen molar-refractivity contribution < 1.29 is 34.1 Å². The Morgan fingerprint density at radius 1 is 1.40 bits per heavy atom. The van der Waals surface area contributed by atoms with Crippen molar-refractivity contribution >= 4 is 23.9 Å². The number of carboxylic acid groups (broad SMARTS) is 2. The van der Waals surface area contributed by atoms with Crippen LogP contribution in [0.2, 0.25) is 0 Å². The molecule has 0 bridgehead atoms. The van der Waals surface area contributed by atoms with Crippen LogP contribution in [0.1, 0.15) is 12.8 Å². The van der Waals surface area contributed by atoms with Crippen molar-refractivity contribution in [3.63, 3.8) is 0 Å². The molecule has 0 saturated carbocycles. The van der Waals surface area contributed by atoms with Crippen LogP contribution in [0.5, 0.6) is 0 Å². The first-order chi connectivity index (χ1) is 6.91. The molecule has 1 heterocycles. The summed E-state index contributed by atoms with van der Waals surface area (Å²) in [6, 6.07) is 0. The number of hydrogen-bond donors (Lipinski definition) is 2. The molecular formula is C8H8O7. The molecule has 1 aliphatic rings. The van der Waals surface area contributed by atoms with Gasteiger partial charge in [0.15, 0.2) is 0 Å². The predicted molar refractivity (Wildman–Crippen MR) is 42.6 cm³/mol. The zero-order valence-electron chi connectivity index (χ0n) is 7.50. The van der Waals surface area contributed by atoms with Crippen molar-refractivity contribution in [3.8, 4) is 0 Å². The van der Waals surface area contributed by atoms with E-state index in [9.17, 15) is 19.2 Å². The number of rotatable bonds is 4. The van der Waals surface area contributed by atoms with Gasteiger partial charge in [0, 0.05) is 0 Å². The van der Waals surface area contributed by atoms with E-state index < -0.39 is 42.1 Å². The number of hydrogen-bond acceptors (Lipinski definition) is 5. The van der Waals surface area contributed by atoms with Crippen LogP contribution in [0.4, 0.5) is 0 Å². The Hall–Kier alpha value is -1.92. The van der Waals surface area contributed by atoms with Gasteiger partial charge in [0.25, 0.3) is 0 Å². The Labute approximate surface area is 83.6 Å². The van der Waals surface area contributed by atoms with Crippen LogP contribution < -0.4 is 0 Å². The summed E-state index contributed by atoms with van der Waals surface area (Å²) < 4.78 is 4.15. The number of cyclic esters (lactones) is 2. The smallest absolute Gasteiger partial charge is 0.318 e. The Balaban J connectivity index is 2.80. The summed E-state index contributed by atoms with van der Waals surface area (Å²) in [5.41, 5.74) is 0. The van der Waals surface area contributed by atoms with Crippen molar-refractivity contribution in [2.24, 2.45) is 11.8 Å². The molecule has 7 nitrogen and oxygen atoms in total. The van der Waals surface area contributed by atoms with Crippen LogP contribution in [0.3, 0.4) is 0 Å². The van der Waals surface area contributed by atoms with E-state index in [-0.39, 0.29) is 6.42 Å². The van der Waals surface area contributed by atoms with Gasteiger partial charge in [0.05, 0.1) is 24.7 Å². The zero-order valence-corrected chi connectivity index (χ0v) is 7.50. The molecule has 1 fully saturated rings. The number of carboxylic acids is 2. The topological polar surface area (TPSA) is 118 Å². The lowest BCUT2D eigenvalue weighted by Crippen LogP contribution is -2.29. The highest BCUT2D eigenvalue weighted by Gasteiger charge is 2.43. The maximum Gasteiger partial charge on any atom is 0.318 e. The van der Waals surface area contributed by atoms with E-state index >= 15 is 0 Å². The quantitative estimate of drug-likeness (QED) is 0.468. The summed E-state index contributed by atoms with van der Waals surface area (Å²) in [5, 5.41) is 17.1. The molecule has 15 heavy (non-hydrogen) atoms. The first-order valence-electron chi connectivity index (χ1n) is 4.11. The molecule has 1 saturated heterocycles. The standard InChI is InChI=1S/C8H8O7/c9-5(10)1-3(7(12)13)4-2-6(11)15-8(4)14/h3-4H,1-2H2,(H,9,10)(H,12,13)/t3-,4+/m0/s1. The monoisotopic (exact) mass is 216 g/mol. The zero-order chi connectivity index (χ0) is 11.6. The SMILES string of the molecule is O=C(O)C[C@H](C(=O)O)[C@H]1CC(=O)OC1=O. The Bertz CT molecular complexity index is 332. The molecule has 0 amide bonds. The van der Waals surface area contributed by atoms with Gasteiger partial charge in [-0.15, -0.1) is 0 Å². The maximum atomic E-state index is 11.0. The molecule has 82 valence electrons. The maximum absolute atomic E-state index is 11.0. The van der Waals surface area contributed by atoms with Gasteiger partial charge < -0.3 is 14.9 Å². The van der Waals surface area contributed by atoms with Crippen molar-refractivity contribution in [2.75, 3.05) is 0 Å². The fourth-order valence-corrected chi connectivity index (χ4v) is 1.39. The summed E-state index contributed by atoms with van der Waals surface area (Å²) in [7, 11) is 0. The number of ether oxygens (including phenoxy) is 1. The van der Waals surface area contributed by atoms with E-state index in [2.05, 4.69) is 4.74 Å². The van der Waals surface area contributed by atoms with Crippen LogP contribution >= 0.6 is 0 Å². The molecule has 0 aliphatic carbocycles. The van der Waals surface area contributed by atoms with Crippen LogP contribution in [0, 0.1) is 11.8 Å². The number of aliphatic carboxylic acids is 2. The molecule has 0 radical (unpaired) electrons. The molecule has 0 unspecified atom stereocenters. The van der Waals surface area contributed by atoms with Gasteiger partial charge in [-0.25, -0.2) is 0 Å². The summed E-state index contributed by atoms with van der Waals surface area (Å²) in [6.45, 7) is 0. The predicted octanol–water partition coefficient (Wildman–Crippen LogP) is -0.748. The molecule has 1 aliphatic heterocycles. The minimum Gasteiger partial charge on any atom is -0.481 e. The van der Waals surface area contributed by atoms with E-state index in [1.165, 1.54) is 0 Å². The number of carbonyl (C=O) groups is 4. The summed E-state index contributed by atoms with van der Waals surface area (Å²) in [4.78, 5) is 42.8. The largest absolute Gasteiger partial charge is 0.481 e. The van der Waals surface area contributed by atoms with Gasteiger partial charge in [-0.2, -0.15) is 0 Å². The lowest BCUT2D eigenvalue weighted by molar-refractivity contribution is -0.157. The molecule has 1 rings (SSSR count). The highest BCUT2D eigenvalue weighted by molar-refractivity contribution is 5.97. The lowest BCUT2D eigenvalue weighted by Gasteiger charge is -2.12. The fourth-order valence-electron chi connectivity index (χ4n) is 1.39. The Morgan fingerprint density at radius 2 is 2.00 bits per heavy atom. The number of esters is 2. The molecule has 0 aromatic rings. The van der Waals surface area contributed by atoms with Crippen molar-refractivity contribution in [1.82, 2.24) is 0 Å². The highest BCUT2D eigenvalue weighted by Crippen LogP contribution is 2.27. The van der Waals surface area contributed by atoms with Gasteiger partial charge in [-0.05, 0) is 0 Å². The van der Waals surface area contributed by atoms with Gasteiger partial charge in [-0.3, -0.25) is 19.2 Å². The second kappa shape index (κ2) is 4.07. The first-order valence-corrected chi connectivity index (χ1v) is 4.11.